The van der Waals surface area contributed by atoms with Crippen molar-refractivity contribution in [2.75, 3.05) is 0 Å². The van der Waals surface area contributed by atoms with Crippen LogP contribution in [0.1, 0.15) is 56.5 Å². The van der Waals surface area contributed by atoms with Crippen molar-refractivity contribution in [3.63, 3.8) is 0 Å². The monoisotopic (exact) mass is 334 g/mol. The van der Waals surface area contributed by atoms with Crippen LogP contribution in [0.15, 0.2) is 24.3 Å². The van der Waals surface area contributed by atoms with Gasteiger partial charge in [-0.25, -0.2) is 0 Å². The average Bonchev–Trinajstić information content (AvgIpc) is 2.50. The quantitative estimate of drug-likeness (QED) is 0.713. The molecule has 2 amide bonds. The summed E-state index contributed by atoms with van der Waals surface area (Å²) in [5, 5.41) is 14.3. The van der Waals surface area contributed by atoms with Gasteiger partial charge >= 0.3 is 5.97 Å². The number of carboxylic acid groups (broad SMARTS) is 1. The number of hydrogen-bond acceptors (Lipinski definition) is 3. The van der Waals surface area contributed by atoms with E-state index in [9.17, 15) is 14.4 Å². The van der Waals surface area contributed by atoms with Gasteiger partial charge in [-0.1, -0.05) is 32.9 Å². The molecule has 1 rings (SSSR count). The fourth-order valence-corrected chi connectivity index (χ4v) is 1.94. The van der Waals surface area contributed by atoms with E-state index in [1.165, 1.54) is 0 Å². The van der Waals surface area contributed by atoms with Crippen LogP contribution in [0.3, 0.4) is 0 Å². The van der Waals surface area contributed by atoms with E-state index in [1.54, 1.807) is 31.2 Å². The Morgan fingerprint density at radius 2 is 1.71 bits per heavy atom. The maximum Gasteiger partial charge on any atom is 0.303 e. The molecule has 0 radical (unpaired) electrons. The molecule has 24 heavy (non-hydrogen) atoms. The summed E-state index contributed by atoms with van der Waals surface area (Å²) in [5.74, 6) is -1.15. The van der Waals surface area contributed by atoms with Gasteiger partial charge in [-0.15, -0.1) is 0 Å². The molecular formula is C18H26N2O4. The minimum absolute atomic E-state index is 0.0217. The molecule has 1 atom stereocenters. The first-order valence-electron chi connectivity index (χ1n) is 7.99. The lowest BCUT2D eigenvalue weighted by Crippen LogP contribution is -2.34. The molecule has 0 bridgehead atoms. The Labute approximate surface area is 142 Å². The largest absolute Gasteiger partial charge is 0.481 e. The van der Waals surface area contributed by atoms with Crippen molar-refractivity contribution < 1.29 is 19.5 Å². The highest BCUT2D eigenvalue weighted by molar-refractivity contribution is 5.94. The highest BCUT2D eigenvalue weighted by atomic mass is 16.4. The highest BCUT2D eigenvalue weighted by Gasteiger charge is 2.20. The number of hydrogen-bond donors (Lipinski definition) is 3. The fourth-order valence-electron chi connectivity index (χ4n) is 1.94. The Kier molecular flexibility index (Phi) is 6.95. The molecular weight excluding hydrogens is 308 g/mol. The molecule has 0 aliphatic heterocycles. The normalized spacial score (nSPS) is 12.3. The van der Waals surface area contributed by atoms with Crippen LogP contribution in [0.5, 0.6) is 0 Å². The second-order valence-corrected chi connectivity index (χ2v) is 6.94. The fraction of sp³-hybridized carbons (Fsp3) is 0.500. The molecule has 0 saturated carbocycles. The Hall–Kier alpha value is -2.37. The second-order valence-electron chi connectivity index (χ2n) is 6.94. The van der Waals surface area contributed by atoms with Crippen LogP contribution < -0.4 is 10.6 Å². The zero-order valence-corrected chi connectivity index (χ0v) is 14.7. The molecule has 132 valence electrons. The summed E-state index contributed by atoms with van der Waals surface area (Å²) in [6.07, 6.45) is 0.409. The van der Waals surface area contributed by atoms with E-state index in [1.807, 2.05) is 20.8 Å². The summed E-state index contributed by atoms with van der Waals surface area (Å²) in [6.45, 7) is 7.73. The van der Waals surface area contributed by atoms with Crippen LogP contribution in [0.4, 0.5) is 0 Å². The Morgan fingerprint density at radius 1 is 1.12 bits per heavy atom. The van der Waals surface area contributed by atoms with Gasteiger partial charge in [-0.3, -0.25) is 14.4 Å². The average molecular weight is 334 g/mol. The van der Waals surface area contributed by atoms with Crippen molar-refractivity contribution in [3.8, 4) is 0 Å². The lowest BCUT2D eigenvalue weighted by Gasteiger charge is -2.17. The van der Waals surface area contributed by atoms with E-state index in [4.69, 9.17) is 5.11 Å². The predicted octanol–water partition coefficient (Wildman–Crippen LogP) is 2.33. The van der Waals surface area contributed by atoms with Crippen molar-refractivity contribution in [3.05, 3.63) is 35.4 Å². The summed E-state index contributed by atoms with van der Waals surface area (Å²) in [7, 11) is 0. The molecule has 1 aromatic rings. The van der Waals surface area contributed by atoms with Crippen molar-refractivity contribution in [2.24, 2.45) is 5.41 Å². The third-order valence-corrected chi connectivity index (χ3v) is 3.52. The smallest absolute Gasteiger partial charge is 0.303 e. The first-order valence-corrected chi connectivity index (χ1v) is 7.99. The van der Waals surface area contributed by atoms with Gasteiger partial charge < -0.3 is 15.7 Å². The number of rotatable bonds is 7. The molecule has 0 spiro atoms. The first-order chi connectivity index (χ1) is 11.1. The van der Waals surface area contributed by atoms with Gasteiger partial charge in [0.1, 0.15) is 0 Å². The van der Waals surface area contributed by atoms with Crippen molar-refractivity contribution in [1.82, 2.24) is 10.6 Å². The lowest BCUT2D eigenvalue weighted by molar-refractivity contribution is -0.137. The van der Waals surface area contributed by atoms with E-state index in [0.29, 0.717) is 18.5 Å². The van der Waals surface area contributed by atoms with E-state index in [-0.39, 0.29) is 24.3 Å². The van der Waals surface area contributed by atoms with Gasteiger partial charge in [-0.2, -0.15) is 0 Å². The van der Waals surface area contributed by atoms with Crippen LogP contribution in [0, 0.1) is 5.41 Å². The predicted molar refractivity (Wildman–Crippen MR) is 91.5 cm³/mol. The number of aliphatic carboxylic acids is 1. The molecule has 6 nitrogen and oxygen atoms in total. The molecule has 1 aromatic carbocycles. The third kappa shape index (κ3) is 6.81. The molecule has 0 heterocycles. The maximum atomic E-state index is 12.1. The van der Waals surface area contributed by atoms with Gasteiger partial charge in [-0.05, 0) is 31.0 Å². The van der Waals surface area contributed by atoms with Gasteiger partial charge in [0, 0.05) is 30.0 Å². The number of carboxylic acids is 1. The number of amides is 2. The summed E-state index contributed by atoms with van der Waals surface area (Å²) in [5.41, 5.74) is 0.970. The molecule has 0 aromatic heterocycles. The molecule has 0 aliphatic rings. The van der Waals surface area contributed by atoms with E-state index >= 15 is 0 Å². The van der Waals surface area contributed by atoms with Crippen LogP contribution in [-0.2, 0) is 16.1 Å². The van der Waals surface area contributed by atoms with E-state index < -0.39 is 11.4 Å². The maximum absolute atomic E-state index is 12.1. The van der Waals surface area contributed by atoms with Crippen LogP contribution >= 0.6 is 0 Å². The van der Waals surface area contributed by atoms with Gasteiger partial charge in [0.15, 0.2) is 0 Å². The van der Waals surface area contributed by atoms with Crippen molar-refractivity contribution >= 4 is 17.8 Å². The topological polar surface area (TPSA) is 95.5 Å². The summed E-state index contributed by atoms with van der Waals surface area (Å²) in [6, 6.07) is 6.76. The first kappa shape index (κ1) is 19.7. The van der Waals surface area contributed by atoms with Crippen molar-refractivity contribution in [2.45, 2.75) is 53.1 Å². The second kappa shape index (κ2) is 8.47. The number of carbonyl (C=O) groups excluding carboxylic acids is 2. The Bertz CT molecular complexity index is 588. The minimum Gasteiger partial charge on any atom is -0.481 e. The molecule has 1 unspecified atom stereocenters. The summed E-state index contributed by atoms with van der Waals surface area (Å²) < 4.78 is 0. The van der Waals surface area contributed by atoms with Gasteiger partial charge in [0.25, 0.3) is 5.91 Å². The zero-order chi connectivity index (χ0) is 18.3. The highest BCUT2D eigenvalue weighted by Crippen LogP contribution is 2.13. The third-order valence-electron chi connectivity index (χ3n) is 3.52. The Balaban J connectivity index is 2.53. The summed E-state index contributed by atoms with van der Waals surface area (Å²) in [4.78, 5) is 34.4. The van der Waals surface area contributed by atoms with Crippen LogP contribution in [0.2, 0.25) is 0 Å². The van der Waals surface area contributed by atoms with Crippen molar-refractivity contribution in [1.29, 1.82) is 0 Å². The Morgan fingerprint density at radius 3 is 2.21 bits per heavy atom. The number of benzene rings is 1. The standard InChI is InChI=1S/C18H26N2O4/c1-12(5-10-15(21)22)20-16(23)14-8-6-13(7-9-14)11-19-17(24)18(2,3)4/h6-9,12H,5,10-11H2,1-4H3,(H,19,24)(H,20,23)(H,21,22). The molecule has 0 fully saturated rings. The zero-order valence-electron chi connectivity index (χ0n) is 14.7. The van der Waals surface area contributed by atoms with E-state index in [0.717, 1.165) is 5.56 Å². The minimum atomic E-state index is -0.877. The van der Waals surface area contributed by atoms with Gasteiger partial charge in [0.2, 0.25) is 5.91 Å². The molecule has 3 N–H and O–H groups in total. The molecule has 6 heteroatoms. The van der Waals surface area contributed by atoms with Crippen LogP contribution in [-0.4, -0.2) is 28.9 Å². The van der Waals surface area contributed by atoms with E-state index in [2.05, 4.69) is 10.6 Å². The summed E-state index contributed by atoms with van der Waals surface area (Å²) >= 11 is 0. The van der Waals surface area contributed by atoms with Crippen LogP contribution in [0.25, 0.3) is 0 Å². The molecule has 0 saturated heterocycles. The SMILES string of the molecule is CC(CCC(=O)O)NC(=O)c1ccc(CNC(=O)C(C)(C)C)cc1. The number of nitrogens with one attached hydrogen (secondary N) is 2. The van der Waals surface area contributed by atoms with Gasteiger partial charge in [0.05, 0.1) is 0 Å². The number of carbonyl (C=O) groups is 3. The molecule has 0 aliphatic carbocycles. The lowest BCUT2D eigenvalue weighted by atomic mass is 9.95.